The van der Waals surface area contributed by atoms with Gasteiger partial charge >= 0.3 is 0 Å². The van der Waals surface area contributed by atoms with Gasteiger partial charge in [-0.2, -0.15) is 0 Å². The number of oxime groups is 1. The quantitative estimate of drug-likeness (QED) is 0.570. The van der Waals surface area contributed by atoms with E-state index in [-0.39, 0.29) is 12.5 Å². The Morgan fingerprint density at radius 3 is 2.59 bits per heavy atom. The molecule has 0 heterocycles. The summed E-state index contributed by atoms with van der Waals surface area (Å²) in [5, 5.41) is 8.81. The molecule has 1 aromatic rings. The fourth-order valence-corrected chi connectivity index (χ4v) is 1.54. The predicted molar refractivity (Wildman–Crippen MR) is 86.7 cm³/mol. The summed E-state index contributed by atoms with van der Waals surface area (Å²) in [6.07, 6.45) is 1.91. The highest BCUT2D eigenvalue weighted by molar-refractivity contribution is 6.31. The van der Waals surface area contributed by atoms with Gasteiger partial charge in [-0.25, -0.2) is 0 Å². The molecule has 0 fully saturated rings. The second-order valence-corrected chi connectivity index (χ2v) is 5.40. The summed E-state index contributed by atoms with van der Waals surface area (Å²) in [5.41, 5.74) is 1.78. The second-order valence-electron chi connectivity index (χ2n) is 5.40. The summed E-state index contributed by atoms with van der Waals surface area (Å²) in [7, 11) is 0. The van der Waals surface area contributed by atoms with Crippen molar-refractivity contribution in [3.05, 3.63) is 29.8 Å². The summed E-state index contributed by atoms with van der Waals surface area (Å²) in [6.45, 7) is 6.54. The molecule has 0 spiro atoms. The molecular formula is C16H23N3O3. The van der Waals surface area contributed by atoms with Gasteiger partial charge in [-0.3, -0.25) is 9.59 Å². The summed E-state index contributed by atoms with van der Waals surface area (Å²) in [4.78, 5) is 27.7. The Morgan fingerprint density at radius 2 is 1.95 bits per heavy atom. The summed E-state index contributed by atoms with van der Waals surface area (Å²) >= 11 is 0. The number of nitrogens with zero attached hydrogens (tertiary/aromatic N) is 1. The molecule has 0 aliphatic carbocycles. The lowest BCUT2D eigenvalue weighted by Crippen LogP contribution is -2.28. The van der Waals surface area contributed by atoms with E-state index in [0.717, 1.165) is 18.2 Å². The van der Waals surface area contributed by atoms with Crippen molar-refractivity contribution >= 4 is 23.7 Å². The first kappa shape index (κ1) is 17.7. The molecule has 0 unspecified atom stereocenters. The largest absolute Gasteiger partial charge is 0.386 e. The summed E-state index contributed by atoms with van der Waals surface area (Å²) in [5.74, 6) is -0.134. The van der Waals surface area contributed by atoms with Gasteiger partial charge in [-0.1, -0.05) is 36.7 Å². The van der Waals surface area contributed by atoms with Crippen LogP contribution in [-0.2, 0) is 14.4 Å². The van der Waals surface area contributed by atoms with Crippen molar-refractivity contribution in [3.63, 3.8) is 0 Å². The van der Waals surface area contributed by atoms with Gasteiger partial charge < -0.3 is 15.5 Å². The molecule has 0 atom stereocenters. The maximum Gasteiger partial charge on any atom is 0.270 e. The highest BCUT2D eigenvalue weighted by atomic mass is 16.6. The lowest BCUT2D eigenvalue weighted by Gasteiger charge is -2.06. The molecule has 0 aromatic heterocycles. The van der Waals surface area contributed by atoms with Gasteiger partial charge in [0.25, 0.3) is 11.8 Å². The van der Waals surface area contributed by atoms with Gasteiger partial charge in [0.1, 0.15) is 6.21 Å². The van der Waals surface area contributed by atoms with Crippen molar-refractivity contribution in [2.45, 2.75) is 27.2 Å². The monoisotopic (exact) mass is 305 g/mol. The van der Waals surface area contributed by atoms with Crippen molar-refractivity contribution in [1.29, 1.82) is 0 Å². The Balaban J connectivity index is 2.20. The Morgan fingerprint density at radius 1 is 1.27 bits per heavy atom. The van der Waals surface area contributed by atoms with E-state index in [4.69, 9.17) is 4.84 Å². The van der Waals surface area contributed by atoms with Crippen LogP contribution in [0.4, 0.5) is 5.69 Å². The van der Waals surface area contributed by atoms with Crippen molar-refractivity contribution < 1.29 is 14.4 Å². The lowest BCUT2D eigenvalue weighted by molar-refractivity contribution is -0.125. The van der Waals surface area contributed by atoms with Crippen LogP contribution >= 0.6 is 0 Å². The van der Waals surface area contributed by atoms with Gasteiger partial charge in [0, 0.05) is 12.2 Å². The Kier molecular flexibility index (Phi) is 7.67. The number of benzene rings is 1. The highest BCUT2D eigenvalue weighted by Gasteiger charge is 2.02. The molecule has 6 heteroatoms. The third-order valence-corrected chi connectivity index (χ3v) is 2.80. The van der Waals surface area contributed by atoms with Crippen molar-refractivity contribution in [2.24, 2.45) is 11.1 Å². The highest BCUT2D eigenvalue weighted by Crippen LogP contribution is 2.07. The van der Waals surface area contributed by atoms with E-state index in [1.165, 1.54) is 0 Å². The third-order valence-electron chi connectivity index (χ3n) is 2.80. The average molecular weight is 305 g/mol. The van der Waals surface area contributed by atoms with Crippen LogP contribution in [0.25, 0.3) is 0 Å². The zero-order chi connectivity index (χ0) is 16.4. The van der Waals surface area contributed by atoms with E-state index in [2.05, 4.69) is 29.6 Å². The predicted octanol–water partition coefficient (Wildman–Crippen LogP) is 2.10. The lowest BCUT2D eigenvalue weighted by atomic mass is 10.1. The van der Waals surface area contributed by atoms with Gasteiger partial charge in [-0.15, -0.1) is 0 Å². The topological polar surface area (TPSA) is 79.8 Å². The van der Waals surface area contributed by atoms with Crippen LogP contribution in [0.2, 0.25) is 0 Å². The van der Waals surface area contributed by atoms with Crippen molar-refractivity contribution in [1.82, 2.24) is 5.32 Å². The summed E-state index contributed by atoms with van der Waals surface area (Å²) in [6, 6.07) is 7.38. The second kappa shape index (κ2) is 9.55. The number of hydrogen-bond acceptors (Lipinski definition) is 4. The molecule has 1 rings (SSSR count). The molecule has 2 amide bonds. The van der Waals surface area contributed by atoms with E-state index < -0.39 is 5.91 Å². The fourth-order valence-electron chi connectivity index (χ4n) is 1.54. The first-order valence-electron chi connectivity index (χ1n) is 7.27. The number of carbonyl (C=O) groups excluding carboxylic acids is 2. The minimum Gasteiger partial charge on any atom is -0.386 e. The van der Waals surface area contributed by atoms with Gasteiger partial charge in [0.15, 0.2) is 6.61 Å². The number of anilines is 1. The van der Waals surface area contributed by atoms with Gasteiger partial charge in [-0.05, 0) is 31.4 Å². The number of aryl methyl sites for hydroxylation is 1. The molecule has 1 aromatic carbocycles. The van der Waals surface area contributed by atoms with Gasteiger partial charge in [0.2, 0.25) is 0 Å². The van der Waals surface area contributed by atoms with Crippen LogP contribution in [0.5, 0.6) is 0 Å². The van der Waals surface area contributed by atoms with E-state index in [1.54, 1.807) is 12.1 Å². The molecule has 0 bridgehead atoms. The standard InChI is InChI=1S/C16H23N3O3/c1-12(2)8-9-17-16(21)11-22-18-10-15(20)19-14-6-4-13(3)5-7-14/h4-7,10,12H,8-9,11H2,1-3H3,(H,17,21)(H,19,20)/b18-10-. The third kappa shape index (κ3) is 8.04. The molecular weight excluding hydrogens is 282 g/mol. The normalized spacial score (nSPS) is 10.7. The number of carbonyl (C=O) groups is 2. The van der Waals surface area contributed by atoms with Crippen LogP contribution in [0.15, 0.2) is 29.4 Å². The molecule has 0 saturated carbocycles. The molecule has 0 aliphatic heterocycles. The molecule has 0 radical (unpaired) electrons. The smallest absolute Gasteiger partial charge is 0.270 e. The Labute approximate surface area is 130 Å². The van der Waals surface area contributed by atoms with Crippen LogP contribution < -0.4 is 10.6 Å². The zero-order valence-electron chi connectivity index (χ0n) is 13.3. The van der Waals surface area contributed by atoms with Crippen LogP contribution in [0, 0.1) is 12.8 Å². The van der Waals surface area contributed by atoms with E-state index >= 15 is 0 Å². The number of nitrogens with one attached hydrogen (secondary N) is 2. The van der Waals surface area contributed by atoms with Crippen LogP contribution in [0.1, 0.15) is 25.8 Å². The zero-order valence-corrected chi connectivity index (χ0v) is 13.3. The molecule has 22 heavy (non-hydrogen) atoms. The number of rotatable bonds is 8. The maximum atomic E-state index is 11.5. The Hall–Kier alpha value is -2.37. The first-order valence-corrected chi connectivity index (χ1v) is 7.27. The first-order chi connectivity index (χ1) is 10.5. The van der Waals surface area contributed by atoms with Gasteiger partial charge in [0.05, 0.1) is 0 Å². The van der Waals surface area contributed by atoms with E-state index in [1.807, 2.05) is 19.1 Å². The molecule has 6 nitrogen and oxygen atoms in total. The maximum absolute atomic E-state index is 11.5. The molecule has 120 valence electrons. The molecule has 0 aliphatic rings. The molecule has 0 saturated heterocycles. The van der Waals surface area contributed by atoms with Crippen molar-refractivity contribution in [3.8, 4) is 0 Å². The van der Waals surface area contributed by atoms with Crippen molar-refractivity contribution in [2.75, 3.05) is 18.5 Å². The SMILES string of the molecule is Cc1ccc(NC(=O)/C=N\OCC(=O)NCCC(C)C)cc1. The summed E-state index contributed by atoms with van der Waals surface area (Å²) < 4.78 is 0. The number of amides is 2. The van der Waals surface area contributed by atoms with Crippen LogP contribution in [0.3, 0.4) is 0 Å². The Bertz CT molecular complexity index is 510. The van der Waals surface area contributed by atoms with E-state index in [0.29, 0.717) is 18.2 Å². The molecule has 2 N–H and O–H groups in total. The minimum atomic E-state index is -0.413. The van der Waals surface area contributed by atoms with Crippen LogP contribution in [-0.4, -0.2) is 31.2 Å². The average Bonchev–Trinajstić information content (AvgIpc) is 2.46. The number of hydrogen-bond donors (Lipinski definition) is 2. The van der Waals surface area contributed by atoms with E-state index in [9.17, 15) is 9.59 Å². The fraction of sp³-hybridized carbons (Fsp3) is 0.438. The minimum absolute atomic E-state index is 0.202.